The van der Waals surface area contributed by atoms with Gasteiger partial charge in [0.05, 0.1) is 35.1 Å². The topological polar surface area (TPSA) is 106 Å². The van der Waals surface area contributed by atoms with Crippen molar-refractivity contribution in [2.75, 3.05) is 15.5 Å². The highest BCUT2D eigenvalue weighted by molar-refractivity contribution is 6.23. The summed E-state index contributed by atoms with van der Waals surface area (Å²) in [5.41, 5.74) is -3.56. The fourth-order valence-corrected chi connectivity index (χ4v) is 4.15. The van der Waals surface area contributed by atoms with E-state index in [1.165, 1.54) is 26.0 Å². The van der Waals surface area contributed by atoms with Crippen LogP contribution in [0.15, 0.2) is 60.7 Å². The molecule has 0 atom stereocenters. The van der Waals surface area contributed by atoms with E-state index in [1.807, 2.05) is 0 Å². The number of carbonyl (C=O) groups excluding carboxylic acids is 3. The SMILES string of the molecule is CC1(C)C(=O)N(c2ccc(C#N)c(C(F)(F)F)c2)C(=O)N1Cc1ccccc1NC(=O)Nc1ccc(F)cc1F. The first-order chi connectivity index (χ1) is 18.7. The Morgan fingerprint density at radius 3 is 2.30 bits per heavy atom. The van der Waals surface area contributed by atoms with Crippen LogP contribution in [0.1, 0.15) is 30.5 Å². The number of rotatable bonds is 5. The van der Waals surface area contributed by atoms with Crippen molar-refractivity contribution in [3.63, 3.8) is 0 Å². The third-order valence-corrected chi connectivity index (χ3v) is 6.28. The number of anilines is 3. The van der Waals surface area contributed by atoms with Gasteiger partial charge in [0.25, 0.3) is 5.91 Å². The molecule has 5 amide bonds. The maximum absolute atomic E-state index is 13.9. The molecular weight excluding hydrogens is 537 g/mol. The molecule has 1 saturated heterocycles. The zero-order valence-electron chi connectivity index (χ0n) is 20.9. The molecular formula is C27H20F5N5O3. The second-order valence-electron chi connectivity index (χ2n) is 9.27. The molecule has 4 rings (SSSR count). The molecule has 1 aliphatic rings. The summed E-state index contributed by atoms with van der Waals surface area (Å²) in [6.45, 7) is 2.60. The summed E-state index contributed by atoms with van der Waals surface area (Å²) in [5.74, 6) is -2.63. The number of hydrogen-bond donors (Lipinski definition) is 2. The van der Waals surface area contributed by atoms with Gasteiger partial charge < -0.3 is 15.5 Å². The normalized spacial score (nSPS) is 14.8. The molecule has 13 heteroatoms. The van der Waals surface area contributed by atoms with Crippen molar-refractivity contribution < 1.29 is 36.3 Å². The molecule has 3 aromatic rings. The van der Waals surface area contributed by atoms with Crippen LogP contribution in [0.3, 0.4) is 0 Å². The van der Waals surface area contributed by atoms with Gasteiger partial charge in [-0.3, -0.25) is 4.79 Å². The number of nitriles is 1. The molecule has 0 bridgehead atoms. The minimum absolute atomic E-state index is 0.190. The summed E-state index contributed by atoms with van der Waals surface area (Å²) >= 11 is 0. The first kappa shape index (κ1) is 28.0. The standard InChI is InChI=1S/C27H20F5N5O3/c1-26(2)23(38)37(18-9-7-15(13-33)19(12-18)27(30,31)32)25(40)36(26)14-16-5-3-4-6-21(16)34-24(39)35-22-10-8-17(28)11-20(22)29/h3-12H,14H2,1-2H3,(H2,34,35,39). The lowest BCUT2D eigenvalue weighted by molar-refractivity contribution is -0.137. The van der Waals surface area contributed by atoms with Gasteiger partial charge >= 0.3 is 18.2 Å². The lowest BCUT2D eigenvalue weighted by Gasteiger charge is -2.28. The van der Waals surface area contributed by atoms with Crippen molar-refractivity contribution in [1.29, 1.82) is 5.26 Å². The lowest BCUT2D eigenvalue weighted by Crippen LogP contribution is -2.43. The van der Waals surface area contributed by atoms with Crippen LogP contribution in [0.5, 0.6) is 0 Å². The molecule has 40 heavy (non-hydrogen) atoms. The van der Waals surface area contributed by atoms with Gasteiger partial charge in [-0.15, -0.1) is 0 Å². The Hall–Kier alpha value is -4.99. The third kappa shape index (κ3) is 5.28. The van der Waals surface area contributed by atoms with Gasteiger partial charge in [0, 0.05) is 11.8 Å². The smallest absolute Gasteiger partial charge is 0.307 e. The van der Waals surface area contributed by atoms with E-state index in [1.54, 1.807) is 18.2 Å². The highest BCUT2D eigenvalue weighted by Crippen LogP contribution is 2.38. The first-order valence-electron chi connectivity index (χ1n) is 11.6. The minimum atomic E-state index is -4.90. The Morgan fingerprint density at radius 2 is 1.65 bits per heavy atom. The summed E-state index contributed by atoms with van der Waals surface area (Å²) in [6, 6.07) is 11.0. The molecule has 0 unspecified atom stereocenters. The zero-order chi connectivity index (χ0) is 29.4. The van der Waals surface area contributed by atoms with Crippen molar-refractivity contribution >= 4 is 35.0 Å². The largest absolute Gasteiger partial charge is 0.417 e. The Morgan fingerprint density at radius 1 is 0.975 bits per heavy atom. The highest BCUT2D eigenvalue weighted by atomic mass is 19.4. The number of alkyl halides is 3. The van der Waals surface area contributed by atoms with E-state index in [4.69, 9.17) is 5.26 Å². The zero-order valence-corrected chi connectivity index (χ0v) is 20.9. The maximum Gasteiger partial charge on any atom is 0.417 e. The van der Waals surface area contributed by atoms with E-state index in [0.29, 0.717) is 22.6 Å². The van der Waals surface area contributed by atoms with Crippen LogP contribution in [0.25, 0.3) is 0 Å². The van der Waals surface area contributed by atoms with Crippen LogP contribution in [-0.2, 0) is 17.5 Å². The fourth-order valence-electron chi connectivity index (χ4n) is 4.15. The van der Waals surface area contributed by atoms with Crippen LogP contribution >= 0.6 is 0 Å². The Bertz CT molecular complexity index is 1560. The van der Waals surface area contributed by atoms with Gasteiger partial charge in [0.1, 0.15) is 17.2 Å². The molecule has 1 aliphatic heterocycles. The number of para-hydroxylation sites is 1. The molecule has 0 spiro atoms. The van der Waals surface area contributed by atoms with Crippen LogP contribution in [-0.4, -0.2) is 28.4 Å². The quantitative estimate of drug-likeness (QED) is 0.286. The van der Waals surface area contributed by atoms with E-state index in [2.05, 4.69) is 10.6 Å². The molecule has 2 N–H and O–H groups in total. The summed E-state index contributed by atoms with van der Waals surface area (Å²) in [5, 5.41) is 13.8. The number of amides is 5. The van der Waals surface area contributed by atoms with E-state index in [9.17, 15) is 36.3 Å². The number of urea groups is 2. The molecule has 0 radical (unpaired) electrons. The summed E-state index contributed by atoms with van der Waals surface area (Å²) in [7, 11) is 0. The van der Waals surface area contributed by atoms with Gasteiger partial charge in [-0.1, -0.05) is 18.2 Å². The van der Waals surface area contributed by atoms with Crippen LogP contribution in [0.2, 0.25) is 0 Å². The molecule has 0 saturated carbocycles. The number of halogens is 5. The molecule has 1 heterocycles. The second-order valence-corrected chi connectivity index (χ2v) is 9.27. The van der Waals surface area contributed by atoms with Crippen molar-refractivity contribution in [1.82, 2.24) is 4.90 Å². The van der Waals surface area contributed by atoms with Crippen LogP contribution in [0.4, 0.5) is 48.6 Å². The van der Waals surface area contributed by atoms with E-state index < -0.39 is 52.4 Å². The first-order valence-corrected chi connectivity index (χ1v) is 11.6. The number of hydrogen-bond acceptors (Lipinski definition) is 4. The molecule has 0 aromatic heterocycles. The van der Waals surface area contributed by atoms with Crippen molar-refractivity contribution in [2.24, 2.45) is 0 Å². The van der Waals surface area contributed by atoms with Gasteiger partial charge in [-0.05, 0) is 55.8 Å². The highest BCUT2D eigenvalue weighted by Gasteiger charge is 2.52. The van der Waals surface area contributed by atoms with Gasteiger partial charge in [0.2, 0.25) is 0 Å². The van der Waals surface area contributed by atoms with Crippen molar-refractivity contribution in [2.45, 2.75) is 32.1 Å². The van der Waals surface area contributed by atoms with Gasteiger partial charge in [-0.25, -0.2) is 23.3 Å². The fraction of sp³-hybridized carbons (Fsp3) is 0.185. The monoisotopic (exact) mass is 557 g/mol. The number of imide groups is 1. The molecule has 1 fully saturated rings. The number of nitrogens with zero attached hydrogens (tertiary/aromatic N) is 3. The summed E-state index contributed by atoms with van der Waals surface area (Å²) < 4.78 is 67.6. The minimum Gasteiger partial charge on any atom is -0.307 e. The maximum atomic E-state index is 13.9. The number of benzene rings is 3. The van der Waals surface area contributed by atoms with E-state index >= 15 is 0 Å². The van der Waals surface area contributed by atoms with Gasteiger partial charge in [-0.2, -0.15) is 18.4 Å². The molecule has 0 aliphatic carbocycles. The average molecular weight is 557 g/mol. The molecule has 3 aromatic carbocycles. The van der Waals surface area contributed by atoms with Crippen LogP contribution in [0, 0.1) is 23.0 Å². The summed E-state index contributed by atoms with van der Waals surface area (Å²) in [6.07, 6.45) is -4.90. The number of nitrogens with one attached hydrogen (secondary N) is 2. The van der Waals surface area contributed by atoms with Crippen molar-refractivity contribution in [3.8, 4) is 6.07 Å². The predicted octanol–water partition coefficient (Wildman–Crippen LogP) is 6.25. The van der Waals surface area contributed by atoms with Crippen LogP contribution < -0.4 is 15.5 Å². The van der Waals surface area contributed by atoms with Gasteiger partial charge in [0.15, 0.2) is 0 Å². The Balaban J connectivity index is 1.60. The average Bonchev–Trinajstić information content (AvgIpc) is 3.05. The summed E-state index contributed by atoms with van der Waals surface area (Å²) in [4.78, 5) is 40.9. The lowest BCUT2D eigenvalue weighted by atomic mass is 10.0. The van der Waals surface area contributed by atoms with E-state index in [-0.39, 0.29) is 23.6 Å². The Kier molecular flexibility index (Phi) is 7.21. The second kappa shape index (κ2) is 10.3. The van der Waals surface area contributed by atoms with Crippen molar-refractivity contribution in [3.05, 3.63) is 89.0 Å². The molecule has 8 nitrogen and oxygen atoms in total. The third-order valence-electron chi connectivity index (χ3n) is 6.28. The predicted molar refractivity (Wildman–Crippen MR) is 134 cm³/mol. The number of carbonyl (C=O) groups is 3. The Labute approximate surface area is 224 Å². The van der Waals surface area contributed by atoms with E-state index in [0.717, 1.165) is 29.2 Å². The molecule has 206 valence electrons.